The van der Waals surface area contributed by atoms with Crippen molar-refractivity contribution in [2.24, 2.45) is 0 Å². The van der Waals surface area contributed by atoms with Crippen LogP contribution in [0.3, 0.4) is 0 Å². The predicted octanol–water partition coefficient (Wildman–Crippen LogP) is 1.13. The summed E-state index contributed by atoms with van der Waals surface area (Å²) in [6, 6.07) is 0.423. The molecule has 12 heavy (non-hydrogen) atoms. The average molecular weight is 185 g/mol. The second-order valence-corrected chi connectivity index (χ2v) is 3.58. The Morgan fingerprint density at radius 3 is 3.33 bits per heavy atom. The van der Waals surface area contributed by atoms with E-state index in [1.54, 1.807) is 6.33 Å². The minimum absolute atomic E-state index is 0.423. The standard InChI is InChI=1S/C7H11N3OS/c1-2-6(4-11-3-1)10-7-8-5-9-12-7/h5-6H,1-4H2,(H,8,9,10). The Bertz CT molecular complexity index is 221. The lowest BCUT2D eigenvalue weighted by Crippen LogP contribution is -2.29. The summed E-state index contributed by atoms with van der Waals surface area (Å²) >= 11 is 1.39. The third-order valence-electron chi connectivity index (χ3n) is 1.85. The molecular weight excluding hydrogens is 174 g/mol. The number of hydrogen-bond donors (Lipinski definition) is 1. The zero-order valence-corrected chi connectivity index (χ0v) is 7.51. The van der Waals surface area contributed by atoms with Gasteiger partial charge in [0.15, 0.2) is 0 Å². The van der Waals surface area contributed by atoms with Gasteiger partial charge in [-0.2, -0.15) is 4.37 Å². The molecule has 0 spiro atoms. The Hall–Kier alpha value is -0.680. The van der Waals surface area contributed by atoms with Crippen LogP contribution in [0.25, 0.3) is 0 Å². The molecular formula is C7H11N3OS. The first-order valence-corrected chi connectivity index (χ1v) is 4.83. The van der Waals surface area contributed by atoms with Crippen molar-refractivity contribution in [1.82, 2.24) is 9.36 Å². The molecule has 2 heterocycles. The average Bonchev–Trinajstić information content (AvgIpc) is 2.59. The molecule has 1 aliphatic heterocycles. The first-order chi connectivity index (χ1) is 5.95. The van der Waals surface area contributed by atoms with Crippen LogP contribution in [0.4, 0.5) is 5.13 Å². The SMILES string of the molecule is c1nsc(NC2CCCOC2)n1. The second-order valence-electron chi connectivity index (χ2n) is 2.80. The van der Waals surface area contributed by atoms with Gasteiger partial charge in [0.25, 0.3) is 0 Å². The maximum absolute atomic E-state index is 5.32. The molecule has 0 saturated carbocycles. The maximum Gasteiger partial charge on any atom is 0.202 e. The summed E-state index contributed by atoms with van der Waals surface area (Å²) in [4.78, 5) is 4.05. The molecule has 0 amide bonds. The van der Waals surface area contributed by atoms with E-state index in [1.165, 1.54) is 18.0 Å². The molecule has 66 valence electrons. The molecule has 5 heteroatoms. The van der Waals surface area contributed by atoms with Gasteiger partial charge >= 0.3 is 0 Å². The van der Waals surface area contributed by atoms with Crippen molar-refractivity contribution in [2.45, 2.75) is 18.9 Å². The van der Waals surface area contributed by atoms with Crippen molar-refractivity contribution in [3.05, 3.63) is 6.33 Å². The smallest absolute Gasteiger partial charge is 0.202 e. The Morgan fingerprint density at radius 2 is 2.67 bits per heavy atom. The summed E-state index contributed by atoms with van der Waals surface area (Å²) in [5.41, 5.74) is 0. The molecule has 1 fully saturated rings. The number of nitrogens with one attached hydrogen (secondary N) is 1. The molecule has 1 N–H and O–H groups in total. The summed E-state index contributed by atoms with van der Waals surface area (Å²) in [6.45, 7) is 1.69. The van der Waals surface area contributed by atoms with Crippen LogP contribution in [0.15, 0.2) is 6.33 Å². The van der Waals surface area contributed by atoms with Crippen molar-refractivity contribution in [3.8, 4) is 0 Å². The van der Waals surface area contributed by atoms with E-state index in [9.17, 15) is 0 Å². The monoisotopic (exact) mass is 185 g/mol. The van der Waals surface area contributed by atoms with Gasteiger partial charge < -0.3 is 10.1 Å². The van der Waals surface area contributed by atoms with Crippen molar-refractivity contribution in [3.63, 3.8) is 0 Å². The van der Waals surface area contributed by atoms with Gasteiger partial charge in [-0.05, 0) is 12.8 Å². The van der Waals surface area contributed by atoms with Crippen LogP contribution in [0.2, 0.25) is 0 Å². The van der Waals surface area contributed by atoms with Crippen LogP contribution in [0, 0.1) is 0 Å². The van der Waals surface area contributed by atoms with Crippen molar-refractivity contribution in [2.75, 3.05) is 18.5 Å². The fourth-order valence-corrected chi connectivity index (χ4v) is 1.77. The van der Waals surface area contributed by atoms with Gasteiger partial charge in [0.05, 0.1) is 12.6 Å². The van der Waals surface area contributed by atoms with Crippen LogP contribution in [0.1, 0.15) is 12.8 Å². The molecule has 1 aliphatic rings. The fraction of sp³-hybridized carbons (Fsp3) is 0.714. The molecule has 1 saturated heterocycles. The third kappa shape index (κ3) is 1.92. The molecule has 0 aliphatic carbocycles. The van der Waals surface area contributed by atoms with E-state index in [1.807, 2.05) is 0 Å². The highest BCUT2D eigenvalue weighted by molar-refractivity contribution is 7.09. The lowest BCUT2D eigenvalue weighted by molar-refractivity contribution is 0.0876. The molecule has 0 bridgehead atoms. The number of anilines is 1. The van der Waals surface area contributed by atoms with E-state index in [0.29, 0.717) is 6.04 Å². The summed E-state index contributed by atoms with van der Waals surface area (Å²) in [7, 11) is 0. The molecule has 1 aromatic heterocycles. The Balaban J connectivity index is 1.86. The first kappa shape index (κ1) is 7.94. The normalized spacial score (nSPS) is 23.8. The van der Waals surface area contributed by atoms with Gasteiger partial charge in [0, 0.05) is 18.1 Å². The minimum Gasteiger partial charge on any atom is -0.379 e. The molecule has 2 rings (SSSR count). The van der Waals surface area contributed by atoms with E-state index in [-0.39, 0.29) is 0 Å². The van der Waals surface area contributed by atoms with E-state index < -0.39 is 0 Å². The van der Waals surface area contributed by atoms with Gasteiger partial charge in [-0.25, -0.2) is 4.98 Å². The van der Waals surface area contributed by atoms with E-state index in [2.05, 4.69) is 14.7 Å². The zero-order valence-electron chi connectivity index (χ0n) is 6.69. The predicted molar refractivity (Wildman–Crippen MR) is 47.4 cm³/mol. The lowest BCUT2D eigenvalue weighted by atomic mass is 10.1. The van der Waals surface area contributed by atoms with Crippen molar-refractivity contribution < 1.29 is 4.74 Å². The third-order valence-corrected chi connectivity index (χ3v) is 2.45. The molecule has 1 aromatic rings. The highest BCUT2D eigenvalue weighted by atomic mass is 32.1. The molecule has 0 radical (unpaired) electrons. The Kier molecular flexibility index (Phi) is 2.53. The van der Waals surface area contributed by atoms with Crippen LogP contribution in [0.5, 0.6) is 0 Å². The van der Waals surface area contributed by atoms with Gasteiger partial charge in [0.2, 0.25) is 5.13 Å². The highest BCUT2D eigenvalue weighted by Crippen LogP contribution is 2.14. The van der Waals surface area contributed by atoms with Crippen molar-refractivity contribution >= 4 is 16.7 Å². The maximum atomic E-state index is 5.32. The summed E-state index contributed by atoms with van der Waals surface area (Å²) in [5, 5.41) is 4.17. The summed E-state index contributed by atoms with van der Waals surface area (Å²) in [6.07, 6.45) is 3.87. The van der Waals surface area contributed by atoms with Crippen LogP contribution in [-0.4, -0.2) is 28.6 Å². The summed E-state index contributed by atoms with van der Waals surface area (Å²) < 4.78 is 9.24. The number of rotatable bonds is 2. The van der Waals surface area contributed by atoms with Crippen LogP contribution in [-0.2, 0) is 4.74 Å². The second kappa shape index (κ2) is 3.82. The van der Waals surface area contributed by atoms with Gasteiger partial charge in [-0.1, -0.05) is 0 Å². The number of nitrogens with zero attached hydrogens (tertiary/aromatic N) is 2. The molecule has 1 atom stereocenters. The highest BCUT2D eigenvalue weighted by Gasteiger charge is 2.13. The Labute approximate surface area is 75.1 Å². The van der Waals surface area contributed by atoms with Gasteiger partial charge in [-0.15, -0.1) is 0 Å². The lowest BCUT2D eigenvalue weighted by Gasteiger charge is -2.22. The van der Waals surface area contributed by atoms with Gasteiger partial charge in [0.1, 0.15) is 6.33 Å². The van der Waals surface area contributed by atoms with Crippen LogP contribution < -0.4 is 5.32 Å². The molecule has 0 aromatic carbocycles. The number of hydrogen-bond acceptors (Lipinski definition) is 5. The fourth-order valence-electron chi connectivity index (χ4n) is 1.27. The quantitative estimate of drug-likeness (QED) is 0.750. The van der Waals surface area contributed by atoms with Crippen LogP contribution >= 0.6 is 11.5 Å². The topological polar surface area (TPSA) is 47.0 Å². The Morgan fingerprint density at radius 1 is 1.67 bits per heavy atom. The summed E-state index contributed by atoms with van der Waals surface area (Å²) in [5.74, 6) is 0. The van der Waals surface area contributed by atoms with E-state index >= 15 is 0 Å². The number of ether oxygens (including phenoxy) is 1. The van der Waals surface area contributed by atoms with Gasteiger partial charge in [-0.3, -0.25) is 0 Å². The zero-order chi connectivity index (χ0) is 8.23. The minimum atomic E-state index is 0.423. The first-order valence-electron chi connectivity index (χ1n) is 4.06. The largest absolute Gasteiger partial charge is 0.379 e. The molecule has 1 unspecified atom stereocenters. The van der Waals surface area contributed by atoms with E-state index in [4.69, 9.17) is 4.74 Å². The molecule has 4 nitrogen and oxygen atoms in total. The van der Waals surface area contributed by atoms with Crippen molar-refractivity contribution in [1.29, 1.82) is 0 Å². The van der Waals surface area contributed by atoms with E-state index in [0.717, 1.165) is 24.8 Å². The number of aromatic nitrogens is 2.